The topological polar surface area (TPSA) is 20.2 Å². The van der Waals surface area contributed by atoms with Crippen LogP contribution in [0.25, 0.3) is 0 Å². The molecule has 0 atom stereocenters. The Kier molecular flexibility index (Phi) is 6.33. The summed E-state index contributed by atoms with van der Waals surface area (Å²) in [6.07, 6.45) is 6.58. The van der Waals surface area contributed by atoms with Gasteiger partial charge in [0.1, 0.15) is 0 Å². The molecule has 1 N–H and O–H groups in total. The number of hydrogen-bond acceptors (Lipinski definition) is 1. The van der Waals surface area contributed by atoms with Gasteiger partial charge in [-0.05, 0) is 18.8 Å². The zero-order valence-corrected chi connectivity index (χ0v) is 8.27. The minimum Gasteiger partial charge on any atom is -1.00 e. The fourth-order valence-electron chi connectivity index (χ4n) is 1.37. The number of rotatable bonds is 1. The third-order valence-corrected chi connectivity index (χ3v) is 1.98. The van der Waals surface area contributed by atoms with Gasteiger partial charge in [-0.15, -0.1) is 0 Å². The van der Waals surface area contributed by atoms with Crippen molar-refractivity contribution in [2.75, 3.05) is 6.61 Å². The fourth-order valence-corrected chi connectivity index (χ4v) is 1.37. The second-order valence-corrected chi connectivity index (χ2v) is 2.69. The van der Waals surface area contributed by atoms with Crippen LogP contribution in [0.5, 0.6) is 0 Å². The van der Waals surface area contributed by atoms with E-state index in [0.717, 1.165) is 0 Å². The van der Waals surface area contributed by atoms with Gasteiger partial charge in [0.25, 0.3) is 0 Å². The van der Waals surface area contributed by atoms with Gasteiger partial charge >= 0.3 is 29.6 Å². The summed E-state index contributed by atoms with van der Waals surface area (Å²) in [6, 6.07) is 0. The van der Waals surface area contributed by atoms with Gasteiger partial charge in [0, 0.05) is 6.61 Å². The van der Waals surface area contributed by atoms with Crippen molar-refractivity contribution in [1.82, 2.24) is 0 Å². The summed E-state index contributed by atoms with van der Waals surface area (Å²) in [5, 5.41) is 8.69. The maximum Gasteiger partial charge on any atom is 1.00 e. The molecule has 0 aromatic rings. The molecule has 1 fully saturated rings. The van der Waals surface area contributed by atoms with E-state index in [4.69, 9.17) is 5.11 Å². The first-order valence-corrected chi connectivity index (χ1v) is 3.54. The fraction of sp³-hybridized carbons (Fsp3) is 1.00. The van der Waals surface area contributed by atoms with E-state index in [9.17, 15) is 0 Å². The predicted molar refractivity (Wildman–Crippen MR) is 34.8 cm³/mol. The van der Waals surface area contributed by atoms with Crippen LogP contribution in [0.3, 0.4) is 0 Å². The van der Waals surface area contributed by atoms with Crippen LogP contribution < -0.4 is 29.6 Å². The van der Waals surface area contributed by atoms with Gasteiger partial charge in [0.05, 0.1) is 0 Å². The molecule has 0 radical (unpaired) electrons. The normalized spacial score (nSPS) is 21.0. The van der Waals surface area contributed by atoms with Crippen LogP contribution in [0.1, 0.15) is 33.5 Å². The first-order valence-electron chi connectivity index (χ1n) is 3.54. The summed E-state index contributed by atoms with van der Waals surface area (Å²) >= 11 is 0. The first kappa shape index (κ1) is 9.96. The van der Waals surface area contributed by atoms with Gasteiger partial charge in [0.2, 0.25) is 0 Å². The predicted octanol–water partition coefficient (Wildman–Crippen LogP) is -1.32. The van der Waals surface area contributed by atoms with Gasteiger partial charge in [-0.25, -0.2) is 0 Å². The maximum absolute atomic E-state index is 8.69. The molecule has 0 saturated heterocycles. The summed E-state index contributed by atoms with van der Waals surface area (Å²) in [5.74, 6) is 0.642. The zero-order chi connectivity index (χ0) is 5.82. The number of hydrogen-bond donors (Lipinski definition) is 1. The Morgan fingerprint density at radius 1 is 1.22 bits per heavy atom. The van der Waals surface area contributed by atoms with E-state index in [-0.39, 0.29) is 31.0 Å². The Bertz CT molecular complexity index is 64.6. The van der Waals surface area contributed by atoms with Gasteiger partial charge in [-0.1, -0.05) is 19.3 Å². The number of aliphatic hydroxyl groups excluding tert-OH is 1. The third-order valence-electron chi connectivity index (χ3n) is 1.98. The van der Waals surface area contributed by atoms with Gasteiger partial charge in [-0.2, -0.15) is 0 Å². The summed E-state index contributed by atoms with van der Waals surface area (Å²) in [7, 11) is 0. The van der Waals surface area contributed by atoms with Crippen LogP contribution in [-0.4, -0.2) is 11.7 Å². The van der Waals surface area contributed by atoms with E-state index in [1.165, 1.54) is 32.1 Å². The van der Waals surface area contributed by atoms with Crippen molar-refractivity contribution < 1.29 is 36.1 Å². The molecule has 0 heterocycles. The smallest absolute Gasteiger partial charge is 1.00 e. The van der Waals surface area contributed by atoms with Crippen LogP contribution in [0.15, 0.2) is 0 Å². The molecule has 0 amide bonds. The molecule has 1 nitrogen and oxygen atoms in total. The minimum absolute atomic E-state index is 0. The Morgan fingerprint density at radius 3 is 2.11 bits per heavy atom. The van der Waals surface area contributed by atoms with Crippen LogP contribution in [0, 0.1) is 5.92 Å². The Balaban J connectivity index is 0. The molecule has 1 rings (SSSR count). The van der Waals surface area contributed by atoms with Crippen molar-refractivity contribution in [3.63, 3.8) is 0 Å². The molecule has 0 spiro atoms. The molecule has 0 aromatic carbocycles. The van der Waals surface area contributed by atoms with Gasteiger partial charge in [-0.3, -0.25) is 0 Å². The summed E-state index contributed by atoms with van der Waals surface area (Å²) in [5.41, 5.74) is 0. The summed E-state index contributed by atoms with van der Waals surface area (Å²) in [6.45, 7) is 0.417. The Hall–Kier alpha value is 0.960. The molecule has 9 heavy (non-hydrogen) atoms. The molecule has 1 aliphatic carbocycles. The molecular weight excluding hydrogens is 123 g/mol. The van der Waals surface area contributed by atoms with Crippen molar-refractivity contribution >= 4 is 0 Å². The van der Waals surface area contributed by atoms with E-state index in [1.807, 2.05) is 0 Å². The molecule has 50 valence electrons. The molecule has 0 aromatic heterocycles. The van der Waals surface area contributed by atoms with Gasteiger partial charge < -0.3 is 6.53 Å². The van der Waals surface area contributed by atoms with E-state index in [2.05, 4.69) is 0 Å². The van der Waals surface area contributed by atoms with Crippen LogP contribution in [-0.2, 0) is 0 Å². The number of aliphatic hydroxyl groups is 1. The molecule has 2 heteroatoms. The minimum atomic E-state index is 0. The molecule has 1 saturated carbocycles. The molecular formula is C7H15NaO. The standard InChI is InChI=1S/C7H14O.Na.H/c8-6-7-4-2-1-3-5-7;;/h7-8H,1-6H2;;/q;+1;-1. The Labute approximate surface area is 80.6 Å². The van der Waals surface area contributed by atoms with Crippen molar-refractivity contribution in [2.24, 2.45) is 5.92 Å². The monoisotopic (exact) mass is 138 g/mol. The average Bonchev–Trinajstić information content (AvgIpc) is 1.90. The molecule has 0 unspecified atom stereocenters. The zero-order valence-electron chi connectivity index (χ0n) is 7.27. The average molecular weight is 138 g/mol. The van der Waals surface area contributed by atoms with E-state index in [1.54, 1.807) is 0 Å². The van der Waals surface area contributed by atoms with Crippen LogP contribution >= 0.6 is 0 Å². The van der Waals surface area contributed by atoms with E-state index < -0.39 is 0 Å². The van der Waals surface area contributed by atoms with Crippen LogP contribution in [0.2, 0.25) is 0 Å². The van der Waals surface area contributed by atoms with Crippen molar-refractivity contribution in [1.29, 1.82) is 0 Å². The molecule has 1 aliphatic rings. The van der Waals surface area contributed by atoms with Crippen LogP contribution in [0.4, 0.5) is 0 Å². The molecule has 0 aliphatic heterocycles. The SMILES string of the molecule is OCC1CCCCC1.[H-].[Na+]. The summed E-state index contributed by atoms with van der Waals surface area (Å²) < 4.78 is 0. The van der Waals surface area contributed by atoms with Crippen molar-refractivity contribution in [2.45, 2.75) is 32.1 Å². The van der Waals surface area contributed by atoms with E-state index >= 15 is 0 Å². The van der Waals surface area contributed by atoms with Crippen molar-refractivity contribution in [3.8, 4) is 0 Å². The Morgan fingerprint density at radius 2 is 1.78 bits per heavy atom. The second-order valence-electron chi connectivity index (χ2n) is 2.69. The van der Waals surface area contributed by atoms with Gasteiger partial charge in [0.15, 0.2) is 0 Å². The maximum atomic E-state index is 8.69. The second kappa shape index (κ2) is 5.72. The largest absolute Gasteiger partial charge is 1.00 e. The quantitative estimate of drug-likeness (QED) is 0.445. The third kappa shape index (κ3) is 3.61. The van der Waals surface area contributed by atoms with E-state index in [0.29, 0.717) is 12.5 Å². The van der Waals surface area contributed by atoms with Crippen molar-refractivity contribution in [3.05, 3.63) is 0 Å². The molecule has 0 bridgehead atoms. The first-order chi connectivity index (χ1) is 3.93. The summed E-state index contributed by atoms with van der Waals surface area (Å²) in [4.78, 5) is 0.